The van der Waals surface area contributed by atoms with E-state index in [0.29, 0.717) is 5.92 Å². The predicted octanol–water partition coefficient (Wildman–Crippen LogP) is 1.01. The van der Waals surface area contributed by atoms with Crippen molar-refractivity contribution in [3.05, 3.63) is 35.4 Å². The summed E-state index contributed by atoms with van der Waals surface area (Å²) < 4.78 is 8.88. The molecule has 1 unspecified atom stereocenters. The van der Waals surface area contributed by atoms with E-state index >= 15 is 0 Å². The standard InChI is InChI=1S/C11H15N.H3O4P/c1-9-8-12-7-6-10-4-2-3-5-11(9)10;1-5(2,3)4/h2-5,9,12H,6-8H2,1H3;(H3,1,2,3,4). The molecule has 0 bridgehead atoms. The van der Waals surface area contributed by atoms with Crippen molar-refractivity contribution in [2.75, 3.05) is 13.1 Å². The minimum absolute atomic E-state index is 0.670. The summed E-state index contributed by atoms with van der Waals surface area (Å²) >= 11 is 0. The first-order chi connectivity index (χ1) is 7.88. The highest BCUT2D eigenvalue weighted by Gasteiger charge is 2.12. The number of hydrogen-bond donors (Lipinski definition) is 4. The summed E-state index contributed by atoms with van der Waals surface area (Å²) in [5, 5.41) is 3.44. The second-order valence-corrected chi connectivity index (χ2v) is 5.09. The van der Waals surface area contributed by atoms with Gasteiger partial charge in [-0.2, -0.15) is 0 Å². The summed E-state index contributed by atoms with van der Waals surface area (Å²) in [6, 6.07) is 8.78. The van der Waals surface area contributed by atoms with Crippen LogP contribution < -0.4 is 5.32 Å². The number of fused-ring (bicyclic) bond motifs is 1. The van der Waals surface area contributed by atoms with Crippen LogP contribution >= 0.6 is 7.82 Å². The monoisotopic (exact) mass is 259 g/mol. The highest BCUT2D eigenvalue weighted by atomic mass is 31.2. The Bertz CT molecular complexity index is 396. The first-order valence-electron chi connectivity index (χ1n) is 5.44. The Hall–Kier alpha value is -0.710. The summed E-state index contributed by atoms with van der Waals surface area (Å²) in [6.45, 7) is 4.54. The van der Waals surface area contributed by atoms with E-state index in [1.165, 1.54) is 17.5 Å². The Morgan fingerprint density at radius 1 is 1.29 bits per heavy atom. The van der Waals surface area contributed by atoms with Gasteiger partial charge >= 0.3 is 7.82 Å². The molecule has 1 aromatic rings. The van der Waals surface area contributed by atoms with E-state index in [1.54, 1.807) is 0 Å². The van der Waals surface area contributed by atoms with E-state index in [-0.39, 0.29) is 0 Å². The van der Waals surface area contributed by atoms with Crippen LogP contribution in [0, 0.1) is 0 Å². The van der Waals surface area contributed by atoms with Crippen LogP contribution in [0.2, 0.25) is 0 Å². The van der Waals surface area contributed by atoms with Crippen molar-refractivity contribution < 1.29 is 19.2 Å². The van der Waals surface area contributed by atoms with Gasteiger partial charge in [0.05, 0.1) is 0 Å². The average molecular weight is 259 g/mol. The van der Waals surface area contributed by atoms with E-state index in [2.05, 4.69) is 36.5 Å². The third-order valence-electron chi connectivity index (χ3n) is 2.61. The highest BCUT2D eigenvalue weighted by Crippen LogP contribution is 2.25. The molecule has 1 aliphatic heterocycles. The molecule has 4 N–H and O–H groups in total. The normalized spacial score (nSPS) is 19.6. The van der Waals surface area contributed by atoms with Crippen molar-refractivity contribution in [2.45, 2.75) is 19.3 Å². The third-order valence-corrected chi connectivity index (χ3v) is 2.61. The van der Waals surface area contributed by atoms with Crippen LogP contribution in [0.15, 0.2) is 24.3 Å². The molecule has 1 aliphatic rings. The van der Waals surface area contributed by atoms with Gasteiger partial charge in [-0.25, -0.2) is 4.57 Å². The molecule has 2 rings (SSSR count). The lowest BCUT2D eigenvalue weighted by molar-refractivity contribution is 0.275. The SMILES string of the molecule is CC1CNCCc2ccccc21.O=P(O)(O)O. The number of nitrogens with one attached hydrogen (secondary N) is 1. The van der Waals surface area contributed by atoms with E-state index in [9.17, 15) is 0 Å². The molecule has 0 amide bonds. The molecule has 0 aromatic heterocycles. The Labute approximate surface area is 101 Å². The Morgan fingerprint density at radius 3 is 2.53 bits per heavy atom. The molecule has 1 heterocycles. The fourth-order valence-corrected chi connectivity index (χ4v) is 1.89. The van der Waals surface area contributed by atoms with Crippen LogP contribution in [-0.4, -0.2) is 27.8 Å². The van der Waals surface area contributed by atoms with E-state index < -0.39 is 7.82 Å². The van der Waals surface area contributed by atoms with E-state index in [1.807, 2.05) is 0 Å². The zero-order valence-corrected chi connectivity index (χ0v) is 10.6. The first-order valence-corrected chi connectivity index (χ1v) is 7.01. The fourth-order valence-electron chi connectivity index (χ4n) is 1.89. The summed E-state index contributed by atoms with van der Waals surface area (Å²) in [7, 11) is -4.64. The predicted molar refractivity (Wildman–Crippen MR) is 65.7 cm³/mol. The smallest absolute Gasteiger partial charge is 0.316 e. The largest absolute Gasteiger partial charge is 0.466 e. The van der Waals surface area contributed by atoms with Gasteiger partial charge in [0, 0.05) is 6.54 Å². The average Bonchev–Trinajstić information content (AvgIpc) is 2.39. The van der Waals surface area contributed by atoms with Gasteiger partial charge in [0.2, 0.25) is 0 Å². The van der Waals surface area contributed by atoms with Crippen LogP contribution in [0.3, 0.4) is 0 Å². The Balaban J connectivity index is 0.000000249. The van der Waals surface area contributed by atoms with Crippen molar-refractivity contribution >= 4 is 7.82 Å². The van der Waals surface area contributed by atoms with Gasteiger partial charge in [0.25, 0.3) is 0 Å². The molecule has 0 radical (unpaired) electrons. The second kappa shape index (κ2) is 6.28. The maximum Gasteiger partial charge on any atom is 0.466 e. The zero-order chi connectivity index (χ0) is 12.9. The van der Waals surface area contributed by atoms with Crippen molar-refractivity contribution in [3.63, 3.8) is 0 Å². The highest BCUT2D eigenvalue weighted by molar-refractivity contribution is 7.45. The van der Waals surface area contributed by atoms with Gasteiger partial charge in [0.15, 0.2) is 0 Å². The Kier molecular flexibility index (Phi) is 5.31. The van der Waals surface area contributed by atoms with Crippen LogP contribution in [0.1, 0.15) is 24.0 Å². The molecule has 1 atom stereocenters. The van der Waals surface area contributed by atoms with Gasteiger partial charge in [0.1, 0.15) is 0 Å². The molecule has 1 aromatic carbocycles. The molecule has 0 fully saturated rings. The molecule has 0 saturated heterocycles. The van der Waals surface area contributed by atoms with Gasteiger partial charge in [-0.05, 0) is 30.0 Å². The van der Waals surface area contributed by atoms with Gasteiger partial charge < -0.3 is 20.0 Å². The number of hydrogen-bond acceptors (Lipinski definition) is 2. The van der Waals surface area contributed by atoms with Crippen LogP contribution in [0.5, 0.6) is 0 Å². The van der Waals surface area contributed by atoms with Crippen molar-refractivity contribution in [1.29, 1.82) is 0 Å². The molecular weight excluding hydrogens is 241 g/mol. The topological polar surface area (TPSA) is 89.8 Å². The van der Waals surface area contributed by atoms with Crippen molar-refractivity contribution in [2.24, 2.45) is 0 Å². The van der Waals surface area contributed by atoms with Crippen LogP contribution in [0.4, 0.5) is 0 Å². The molecule has 0 aliphatic carbocycles. The number of benzene rings is 1. The lowest BCUT2D eigenvalue weighted by Gasteiger charge is -2.10. The van der Waals surface area contributed by atoms with Crippen molar-refractivity contribution in [1.82, 2.24) is 5.32 Å². The summed E-state index contributed by atoms with van der Waals surface area (Å²) in [6.07, 6.45) is 1.18. The fraction of sp³-hybridized carbons (Fsp3) is 0.455. The van der Waals surface area contributed by atoms with Gasteiger partial charge in [-0.3, -0.25) is 0 Å². The molecule has 0 saturated carbocycles. The quantitative estimate of drug-likeness (QED) is 0.522. The van der Waals surface area contributed by atoms with E-state index in [4.69, 9.17) is 19.2 Å². The maximum absolute atomic E-state index is 8.88. The minimum atomic E-state index is -4.64. The van der Waals surface area contributed by atoms with Crippen LogP contribution in [-0.2, 0) is 11.0 Å². The Morgan fingerprint density at radius 2 is 1.88 bits per heavy atom. The summed E-state index contributed by atoms with van der Waals surface area (Å²) in [4.78, 5) is 21.6. The van der Waals surface area contributed by atoms with Crippen LogP contribution in [0.25, 0.3) is 0 Å². The van der Waals surface area contributed by atoms with Gasteiger partial charge in [-0.1, -0.05) is 31.2 Å². The first kappa shape index (κ1) is 14.4. The summed E-state index contributed by atoms with van der Waals surface area (Å²) in [5.74, 6) is 0.670. The molecule has 17 heavy (non-hydrogen) atoms. The lowest BCUT2D eigenvalue weighted by atomic mass is 9.96. The molecule has 6 heteroatoms. The summed E-state index contributed by atoms with van der Waals surface area (Å²) in [5.41, 5.74) is 3.05. The maximum atomic E-state index is 8.88. The lowest BCUT2D eigenvalue weighted by Crippen LogP contribution is -2.18. The van der Waals surface area contributed by atoms with Crippen molar-refractivity contribution in [3.8, 4) is 0 Å². The molecule has 5 nitrogen and oxygen atoms in total. The minimum Gasteiger partial charge on any atom is -0.316 e. The van der Waals surface area contributed by atoms with E-state index in [0.717, 1.165) is 13.1 Å². The molecular formula is C11H18NO4P. The molecule has 0 spiro atoms. The zero-order valence-electron chi connectivity index (χ0n) is 9.71. The second-order valence-electron chi connectivity index (χ2n) is 4.07. The third kappa shape index (κ3) is 5.96. The molecule has 96 valence electrons. The number of rotatable bonds is 0. The van der Waals surface area contributed by atoms with Gasteiger partial charge in [-0.15, -0.1) is 0 Å². The number of phosphoric acid groups is 1.